The number of likely N-dealkylation sites (N-methyl/N-ethyl adjacent to an activating group) is 1. The standard InChI is InChI=1S/C15H24N3O11P/c1-16-8(13(22)23)2-4-11(19)17-9(14(24)25)6-7-29-30(28)18-10(15(26)27)3-5-12(20)21/h8-10,16H,2-7H2,1H3,(H5-,17,18,19,20,21,22,23,24,25,26,27,28)/p+1. The molecule has 14 nitrogen and oxygen atoms in total. The Labute approximate surface area is 171 Å². The van der Waals surface area contributed by atoms with Gasteiger partial charge in [0.25, 0.3) is 0 Å². The average molecular weight is 454 g/mol. The average Bonchev–Trinajstić information content (AvgIpc) is 2.63. The number of hydrogen-bond acceptors (Lipinski definition) is 8. The van der Waals surface area contributed by atoms with E-state index in [4.69, 9.17) is 24.9 Å². The minimum absolute atomic E-state index is 0.0663. The Balaban J connectivity index is 4.49. The van der Waals surface area contributed by atoms with Gasteiger partial charge >= 0.3 is 32.1 Å². The third kappa shape index (κ3) is 12.0. The number of amides is 1. The molecule has 4 unspecified atom stereocenters. The molecule has 0 saturated heterocycles. The second-order valence-electron chi connectivity index (χ2n) is 6.01. The zero-order valence-electron chi connectivity index (χ0n) is 16.1. The summed E-state index contributed by atoms with van der Waals surface area (Å²) in [6, 6.07) is -3.81. The van der Waals surface area contributed by atoms with Crippen LogP contribution in [0.5, 0.6) is 0 Å². The highest BCUT2D eigenvalue weighted by atomic mass is 31.1. The molecule has 15 heteroatoms. The largest absolute Gasteiger partial charge is 0.613 e. The second-order valence-corrected chi connectivity index (χ2v) is 7.04. The molecule has 0 aromatic carbocycles. The van der Waals surface area contributed by atoms with Gasteiger partial charge in [-0.1, -0.05) is 5.09 Å². The zero-order valence-corrected chi connectivity index (χ0v) is 17.0. The number of carboxylic acids is 4. The number of aliphatic carboxylic acids is 4. The summed E-state index contributed by atoms with van der Waals surface area (Å²) in [5, 5.41) is 42.3. The fraction of sp³-hybridized carbons (Fsp3) is 0.667. The molecule has 1 amide bonds. The lowest BCUT2D eigenvalue weighted by molar-refractivity contribution is -0.143. The van der Waals surface area contributed by atoms with E-state index < -0.39 is 69.1 Å². The van der Waals surface area contributed by atoms with Crippen molar-refractivity contribution in [2.45, 2.75) is 50.2 Å². The first kappa shape index (κ1) is 27.3. The minimum Gasteiger partial charge on any atom is -0.481 e. The number of carboxylic acid groups (broad SMARTS) is 4. The van der Waals surface area contributed by atoms with Crippen LogP contribution in [-0.4, -0.2) is 82.0 Å². The second kappa shape index (κ2) is 14.3. The van der Waals surface area contributed by atoms with Crippen LogP contribution in [0.2, 0.25) is 0 Å². The van der Waals surface area contributed by atoms with Crippen LogP contribution in [0.4, 0.5) is 0 Å². The summed E-state index contributed by atoms with van der Waals surface area (Å²) in [4.78, 5) is 55.4. The predicted octanol–water partition coefficient (Wildman–Crippen LogP) is -1.02. The maximum absolute atomic E-state index is 11.8. The normalized spacial score (nSPS) is 14.2. The molecule has 4 atom stereocenters. The van der Waals surface area contributed by atoms with E-state index in [1.165, 1.54) is 7.05 Å². The Hall–Kier alpha value is -2.67. The van der Waals surface area contributed by atoms with Crippen molar-refractivity contribution < 1.29 is 53.5 Å². The van der Waals surface area contributed by atoms with E-state index in [0.717, 1.165) is 0 Å². The molecule has 170 valence electrons. The molecular weight excluding hydrogens is 429 g/mol. The third-order valence-corrected chi connectivity index (χ3v) is 4.70. The van der Waals surface area contributed by atoms with Crippen LogP contribution in [0.25, 0.3) is 0 Å². The first-order chi connectivity index (χ1) is 14.0. The van der Waals surface area contributed by atoms with Gasteiger partial charge in [0.1, 0.15) is 18.7 Å². The summed E-state index contributed by atoms with van der Waals surface area (Å²) in [7, 11) is -1.33. The number of hydrogen-bond donors (Lipinski definition) is 7. The van der Waals surface area contributed by atoms with Crippen molar-refractivity contribution in [1.82, 2.24) is 15.7 Å². The molecule has 30 heavy (non-hydrogen) atoms. The first-order valence-corrected chi connectivity index (χ1v) is 9.88. The Bertz CT molecular complexity index is 658. The third-order valence-electron chi connectivity index (χ3n) is 3.76. The number of carbonyl (C=O) groups is 5. The fourth-order valence-electron chi connectivity index (χ4n) is 2.12. The lowest BCUT2D eigenvalue weighted by Crippen LogP contribution is -2.42. The van der Waals surface area contributed by atoms with Gasteiger partial charge in [0.15, 0.2) is 6.04 Å². The van der Waals surface area contributed by atoms with Gasteiger partial charge in [0.2, 0.25) is 5.91 Å². The van der Waals surface area contributed by atoms with Crippen molar-refractivity contribution in [3.05, 3.63) is 0 Å². The van der Waals surface area contributed by atoms with Gasteiger partial charge in [-0.3, -0.25) is 19.2 Å². The van der Waals surface area contributed by atoms with Crippen molar-refractivity contribution in [3.63, 3.8) is 0 Å². The van der Waals surface area contributed by atoms with Gasteiger partial charge in [0, 0.05) is 19.3 Å². The summed E-state index contributed by atoms with van der Waals surface area (Å²) in [5.41, 5.74) is 0. The molecule has 0 saturated carbocycles. The lowest BCUT2D eigenvalue weighted by Gasteiger charge is -2.15. The Morgan fingerprint density at radius 3 is 1.83 bits per heavy atom. The zero-order chi connectivity index (χ0) is 23.3. The van der Waals surface area contributed by atoms with Gasteiger partial charge in [-0.25, -0.2) is 4.79 Å². The van der Waals surface area contributed by atoms with E-state index in [-0.39, 0.29) is 25.7 Å². The van der Waals surface area contributed by atoms with Crippen molar-refractivity contribution in [2.24, 2.45) is 0 Å². The summed E-state index contributed by atoms with van der Waals surface area (Å²) >= 11 is 0. The molecule has 0 aromatic heterocycles. The van der Waals surface area contributed by atoms with Gasteiger partial charge in [0.05, 0.1) is 0 Å². The number of carbonyl (C=O) groups excluding carboxylic acids is 1. The van der Waals surface area contributed by atoms with Crippen LogP contribution >= 0.6 is 8.18 Å². The summed E-state index contributed by atoms with van der Waals surface area (Å²) in [6.07, 6.45) is -1.43. The Kier molecular flexibility index (Phi) is 13.1. The topological polar surface area (TPSA) is 229 Å². The van der Waals surface area contributed by atoms with E-state index in [9.17, 15) is 28.5 Å². The van der Waals surface area contributed by atoms with Crippen molar-refractivity contribution in [1.29, 1.82) is 0 Å². The summed E-state index contributed by atoms with van der Waals surface area (Å²) in [6.45, 7) is -0.418. The minimum atomic E-state index is -2.73. The van der Waals surface area contributed by atoms with Crippen molar-refractivity contribution >= 4 is 38.0 Å². The van der Waals surface area contributed by atoms with Crippen LogP contribution in [0.3, 0.4) is 0 Å². The molecule has 0 spiro atoms. The van der Waals surface area contributed by atoms with Crippen LogP contribution in [-0.2, 0) is 33.1 Å². The summed E-state index contributed by atoms with van der Waals surface area (Å²) in [5.74, 6) is -5.93. The molecule has 0 heterocycles. The maximum Gasteiger partial charge on any atom is 0.613 e. The van der Waals surface area contributed by atoms with Crippen LogP contribution in [0.15, 0.2) is 0 Å². The van der Waals surface area contributed by atoms with Crippen LogP contribution in [0.1, 0.15) is 32.1 Å². The van der Waals surface area contributed by atoms with Gasteiger partial charge in [-0.15, -0.1) is 4.52 Å². The molecule has 0 aliphatic heterocycles. The number of rotatable bonds is 17. The number of nitrogens with one attached hydrogen (secondary N) is 3. The highest BCUT2D eigenvalue weighted by Gasteiger charge is 2.31. The molecular formula is C15H25N3O11P+. The lowest BCUT2D eigenvalue weighted by atomic mass is 10.1. The highest BCUT2D eigenvalue weighted by molar-refractivity contribution is 7.36. The quantitative estimate of drug-likeness (QED) is 0.131. The monoisotopic (exact) mass is 454 g/mol. The predicted molar refractivity (Wildman–Crippen MR) is 98.9 cm³/mol. The molecule has 0 aliphatic carbocycles. The molecule has 0 rings (SSSR count). The van der Waals surface area contributed by atoms with E-state index in [1.54, 1.807) is 0 Å². The Morgan fingerprint density at radius 2 is 1.37 bits per heavy atom. The van der Waals surface area contributed by atoms with Crippen molar-refractivity contribution in [2.75, 3.05) is 13.7 Å². The summed E-state index contributed by atoms with van der Waals surface area (Å²) < 4.78 is 16.6. The highest BCUT2D eigenvalue weighted by Crippen LogP contribution is 2.20. The first-order valence-electron chi connectivity index (χ1n) is 8.71. The fourth-order valence-corrected chi connectivity index (χ4v) is 2.96. The smallest absolute Gasteiger partial charge is 0.481 e. The van der Waals surface area contributed by atoms with E-state index in [0.29, 0.717) is 0 Å². The van der Waals surface area contributed by atoms with Crippen LogP contribution < -0.4 is 15.7 Å². The maximum atomic E-state index is 11.8. The van der Waals surface area contributed by atoms with Gasteiger partial charge in [-0.05, 0) is 24.5 Å². The SMILES string of the molecule is CNC(CCC(=O)NC(CCO[P+](=O)NC(CCC(=O)O)C(=O)O)C(=O)O)C(=O)O. The molecule has 0 fully saturated rings. The molecule has 0 aromatic rings. The van der Waals surface area contributed by atoms with E-state index in [1.807, 2.05) is 0 Å². The molecule has 7 N–H and O–H groups in total. The van der Waals surface area contributed by atoms with Gasteiger partial charge < -0.3 is 31.1 Å². The van der Waals surface area contributed by atoms with E-state index in [2.05, 4.69) is 15.7 Å². The van der Waals surface area contributed by atoms with E-state index >= 15 is 0 Å². The van der Waals surface area contributed by atoms with Crippen molar-refractivity contribution in [3.8, 4) is 0 Å². The molecule has 0 aliphatic rings. The molecule has 0 radical (unpaired) electrons. The Morgan fingerprint density at radius 1 is 0.833 bits per heavy atom. The molecule has 0 bridgehead atoms. The van der Waals surface area contributed by atoms with Crippen LogP contribution in [0, 0.1) is 0 Å². The van der Waals surface area contributed by atoms with Gasteiger partial charge in [-0.2, -0.15) is 0 Å².